The summed E-state index contributed by atoms with van der Waals surface area (Å²) < 4.78 is 7.55. The third kappa shape index (κ3) is 3.56. The lowest BCUT2D eigenvalue weighted by molar-refractivity contribution is 0.0968. The maximum absolute atomic E-state index is 12.0. The summed E-state index contributed by atoms with van der Waals surface area (Å²) >= 11 is 3.64. The molecule has 0 unspecified atom stereocenters. The van der Waals surface area contributed by atoms with E-state index in [0.717, 1.165) is 45.0 Å². The first-order valence-electron chi connectivity index (χ1n) is 10.7. The smallest absolute Gasteiger partial charge is 0.409 e. The van der Waals surface area contributed by atoms with Gasteiger partial charge in [0.2, 0.25) is 0 Å². The number of halogens is 1. The zero-order valence-corrected chi connectivity index (χ0v) is 19.2. The third-order valence-electron chi connectivity index (χ3n) is 5.96. The quantitative estimate of drug-likeness (QED) is 0.445. The highest BCUT2D eigenvalue weighted by atomic mass is 79.9. The van der Waals surface area contributed by atoms with E-state index in [-0.39, 0.29) is 12.0 Å². The van der Waals surface area contributed by atoms with Gasteiger partial charge in [-0.2, -0.15) is 9.61 Å². The molecule has 1 aliphatic heterocycles. The van der Waals surface area contributed by atoms with E-state index < -0.39 is 0 Å². The van der Waals surface area contributed by atoms with Gasteiger partial charge in [0.15, 0.2) is 5.65 Å². The summed E-state index contributed by atoms with van der Waals surface area (Å²) in [4.78, 5) is 23.4. The van der Waals surface area contributed by atoms with Gasteiger partial charge >= 0.3 is 6.09 Å². The number of nitrogens with two attached hydrogens (primary N) is 1. The number of carbonyl (C=O) groups is 1. The first-order chi connectivity index (χ1) is 15.6. The standard InChI is InChI=1S/C23H23BrN6O2/c1-2-32-23(31)29-9-7-14(8-10-29)20-19(24)21(25)30-22(28-20)17(13-27-30)16-11-15-5-3-4-6-18(15)26-12-16/h3-6,11-14H,2,7-10,25H2,1H3. The van der Waals surface area contributed by atoms with Gasteiger partial charge in [-0.15, -0.1) is 0 Å². The van der Waals surface area contributed by atoms with E-state index in [1.54, 1.807) is 15.6 Å². The van der Waals surface area contributed by atoms with Crippen molar-refractivity contribution >= 4 is 44.4 Å². The third-order valence-corrected chi connectivity index (χ3v) is 6.77. The predicted molar refractivity (Wildman–Crippen MR) is 126 cm³/mol. The number of amides is 1. The Morgan fingerprint density at radius 1 is 1.25 bits per heavy atom. The van der Waals surface area contributed by atoms with Crippen molar-refractivity contribution in [1.29, 1.82) is 0 Å². The van der Waals surface area contributed by atoms with E-state index in [9.17, 15) is 4.79 Å². The summed E-state index contributed by atoms with van der Waals surface area (Å²) in [6.07, 6.45) is 4.96. The Morgan fingerprint density at radius 2 is 2.03 bits per heavy atom. The number of rotatable bonds is 3. The number of hydrogen-bond donors (Lipinski definition) is 1. The number of ether oxygens (including phenoxy) is 1. The van der Waals surface area contributed by atoms with Crippen LogP contribution < -0.4 is 5.73 Å². The highest BCUT2D eigenvalue weighted by Gasteiger charge is 2.28. The second kappa shape index (κ2) is 8.38. The average molecular weight is 495 g/mol. The molecule has 0 radical (unpaired) electrons. The first kappa shape index (κ1) is 20.7. The molecule has 2 N–H and O–H groups in total. The summed E-state index contributed by atoms with van der Waals surface area (Å²) in [6, 6.07) is 10.1. The number of nitrogen functional groups attached to an aromatic ring is 1. The fourth-order valence-corrected chi connectivity index (χ4v) is 4.84. The molecule has 4 aromatic rings. The van der Waals surface area contributed by atoms with Crippen molar-refractivity contribution in [1.82, 2.24) is 24.5 Å². The van der Waals surface area contributed by atoms with Gasteiger partial charge in [-0.05, 0) is 47.8 Å². The van der Waals surface area contributed by atoms with Crippen molar-refractivity contribution in [3.63, 3.8) is 0 Å². The Balaban J connectivity index is 1.51. The molecule has 32 heavy (non-hydrogen) atoms. The van der Waals surface area contributed by atoms with E-state index in [1.807, 2.05) is 37.4 Å². The molecule has 1 aliphatic rings. The van der Waals surface area contributed by atoms with Crippen molar-refractivity contribution in [2.45, 2.75) is 25.7 Å². The second-order valence-corrected chi connectivity index (χ2v) is 8.66. The number of piperidine rings is 1. The van der Waals surface area contributed by atoms with E-state index >= 15 is 0 Å². The second-order valence-electron chi connectivity index (χ2n) is 7.87. The molecule has 164 valence electrons. The van der Waals surface area contributed by atoms with Crippen LogP contribution in [0.3, 0.4) is 0 Å². The molecule has 9 heteroatoms. The summed E-state index contributed by atoms with van der Waals surface area (Å²) in [7, 11) is 0. The number of benzene rings is 1. The van der Waals surface area contributed by atoms with Crippen LogP contribution in [0.4, 0.5) is 10.6 Å². The van der Waals surface area contributed by atoms with Crippen molar-refractivity contribution < 1.29 is 9.53 Å². The predicted octanol–water partition coefficient (Wildman–Crippen LogP) is 4.63. The Morgan fingerprint density at radius 3 is 2.81 bits per heavy atom. The van der Waals surface area contributed by atoms with Crippen molar-refractivity contribution in [3.05, 3.63) is 52.9 Å². The molecule has 0 aliphatic carbocycles. The van der Waals surface area contributed by atoms with Crippen LogP contribution in [-0.2, 0) is 4.74 Å². The average Bonchev–Trinajstić information content (AvgIpc) is 3.25. The van der Waals surface area contributed by atoms with Crippen LogP contribution in [0.2, 0.25) is 0 Å². The maximum Gasteiger partial charge on any atom is 0.409 e. The minimum atomic E-state index is -0.255. The number of nitrogens with zero attached hydrogens (tertiary/aromatic N) is 5. The number of carbonyl (C=O) groups excluding carboxylic acids is 1. The van der Waals surface area contributed by atoms with Crippen LogP contribution in [0.1, 0.15) is 31.4 Å². The summed E-state index contributed by atoms with van der Waals surface area (Å²) in [6.45, 7) is 3.46. The molecule has 5 rings (SSSR count). The fraction of sp³-hybridized carbons (Fsp3) is 0.304. The number of likely N-dealkylation sites (tertiary alicyclic amines) is 1. The van der Waals surface area contributed by atoms with E-state index in [4.69, 9.17) is 15.5 Å². The molecule has 8 nitrogen and oxygen atoms in total. The fourth-order valence-electron chi connectivity index (χ4n) is 4.26. The number of anilines is 1. The van der Waals surface area contributed by atoms with Gasteiger partial charge < -0.3 is 15.4 Å². The Labute approximate surface area is 193 Å². The van der Waals surface area contributed by atoms with Gasteiger partial charge in [0.1, 0.15) is 5.82 Å². The van der Waals surface area contributed by atoms with Gasteiger partial charge in [-0.25, -0.2) is 9.78 Å². The Hall–Kier alpha value is -3.20. The lowest BCUT2D eigenvalue weighted by Gasteiger charge is -2.31. The van der Waals surface area contributed by atoms with Gasteiger partial charge in [-0.3, -0.25) is 4.98 Å². The summed E-state index contributed by atoms with van der Waals surface area (Å²) in [5.74, 6) is 0.692. The largest absolute Gasteiger partial charge is 0.450 e. The molecule has 1 saturated heterocycles. The highest BCUT2D eigenvalue weighted by Crippen LogP contribution is 2.37. The van der Waals surface area contributed by atoms with Gasteiger partial charge in [0.05, 0.1) is 28.5 Å². The topological polar surface area (TPSA) is 98.6 Å². The number of fused-ring (bicyclic) bond motifs is 2. The van der Waals surface area contributed by atoms with Crippen molar-refractivity contribution in [2.24, 2.45) is 0 Å². The molecular weight excluding hydrogens is 472 g/mol. The summed E-state index contributed by atoms with van der Waals surface area (Å²) in [5, 5.41) is 5.54. The zero-order chi connectivity index (χ0) is 22.2. The zero-order valence-electron chi connectivity index (χ0n) is 17.7. The van der Waals surface area contributed by atoms with Crippen molar-refractivity contribution in [2.75, 3.05) is 25.4 Å². The molecule has 4 heterocycles. The first-order valence-corrected chi connectivity index (χ1v) is 11.5. The SMILES string of the molecule is CCOC(=O)N1CCC(c2nc3c(-c4cnc5ccccc5c4)cnn3c(N)c2Br)CC1. The lowest BCUT2D eigenvalue weighted by atomic mass is 9.93. The van der Waals surface area contributed by atoms with Crippen LogP contribution in [0.25, 0.3) is 27.7 Å². The van der Waals surface area contributed by atoms with Crippen molar-refractivity contribution in [3.8, 4) is 11.1 Å². The van der Waals surface area contributed by atoms with Gasteiger partial charge in [0.25, 0.3) is 0 Å². The number of para-hydroxylation sites is 1. The molecule has 1 amide bonds. The Bertz CT molecular complexity index is 1310. The normalized spacial score (nSPS) is 14.9. The molecule has 1 aromatic carbocycles. The molecule has 0 bridgehead atoms. The van der Waals surface area contributed by atoms with Crippen LogP contribution >= 0.6 is 15.9 Å². The van der Waals surface area contributed by atoms with E-state index in [2.05, 4.69) is 32.1 Å². The van der Waals surface area contributed by atoms with Crippen LogP contribution in [-0.4, -0.2) is 50.3 Å². The number of aromatic nitrogens is 4. The molecule has 0 atom stereocenters. The highest BCUT2D eigenvalue weighted by molar-refractivity contribution is 9.10. The Kier molecular flexibility index (Phi) is 5.42. The maximum atomic E-state index is 12.0. The molecular formula is C23H23BrN6O2. The van der Waals surface area contributed by atoms with E-state index in [0.29, 0.717) is 31.2 Å². The molecule has 1 fully saturated rings. The number of hydrogen-bond acceptors (Lipinski definition) is 6. The molecule has 3 aromatic heterocycles. The monoisotopic (exact) mass is 494 g/mol. The molecule has 0 spiro atoms. The van der Waals surface area contributed by atoms with E-state index in [1.165, 1.54) is 0 Å². The van der Waals surface area contributed by atoms with Crippen LogP contribution in [0, 0.1) is 0 Å². The minimum absolute atomic E-state index is 0.180. The molecule has 0 saturated carbocycles. The number of pyridine rings is 1. The lowest BCUT2D eigenvalue weighted by Crippen LogP contribution is -2.38. The minimum Gasteiger partial charge on any atom is -0.450 e. The van der Waals surface area contributed by atoms with Gasteiger partial charge in [0, 0.05) is 41.7 Å². The van der Waals surface area contributed by atoms with Crippen LogP contribution in [0.5, 0.6) is 0 Å². The van der Waals surface area contributed by atoms with Crippen LogP contribution in [0.15, 0.2) is 47.2 Å². The summed E-state index contributed by atoms with van der Waals surface area (Å²) in [5.41, 5.74) is 10.8. The van der Waals surface area contributed by atoms with Gasteiger partial charge in [-0.1, -0.05) is 18.2 Å².